The van der Waals surface area contributed by atoms with Crippen LogP contribution < -0.4 is 15.6 Å². The molecule has 38 heavy (non-hydrogen) atoms. The van der Waals surface area contributed by atoms with Crippen LogP contribution in [0.2, 0.25) is 0 Å². The third-order valence-electron chi connectivity index (χ3n) is 7.89. The van der Waals surface area contributed by atoms with Crippen LogP contribution >= 0.6 is 0 Å². The van der Waals surface area contributed by atoms with E-state index in [1.165, 1.54) is 12.0 Å². The van der Waals surface area contributed by atoms with Gasteiger partial charge in [-0.1, -0.05) is 25.1 Å². The summed E-state index contributed by atoms with van der Waals surface area (Å²) < 4.78 is 48.9. The van der Waals surface area contributed by atoms with Gasteiger partial charge in [-0.05, 0) is 64.8 Å². The number of hydrogen-bond donors (Lipinski definition) is 2. The maximum atomic E-state index is 13.9. The number of carbonyl (C=O) groups excluding carboxylic acids is 1. The van der Waals surface area contributed by atoms with Crippen molar-refractivity contribution in [1.29, 1.82) is 0 Å². The Balaban J connectivity index is 1.66. The first-order chi connectivity index (χ1) is 18.0. The molecule has 10 heteroatoms. The van der Waals surface area contributed by atoms with E-state index < -0.39 is 12.2 Å². The van der Waals surface area contributed by atoms with Crippen molar-refractivity contribution in [3.05, 3.63) is 63.2 Å². The molecule has 3 heterocycles. The van der Waals surface area contributed by atoms with E-state index >= 15 is 0 Å². The molecule has 0 aliphatic carbocycles. The van der Waals surface area contributed by atoms with Gasteiger partial charge in [0.15, 0.2) is 0 Å². The number of likely N-dealkylation sites (tertiary alicyclic amines) is 1. The maximum absolute atomic E-state index is 13.9. The number of aromatic amines is 1. The number of nitrogens with zero attached hydrogens (tertiary/aromatic N) is 2. The molecule has 0 spiro atoms. The molecule has 7 nitrogen and oxygen atoms in total. The Morgan fingerprint density at radius 1 is 1.26 bits per heavy atom. The fourth-order valence-electron chi connectivity index (χ4n) is 5.90. The summed E-state index contributed by atoms with van der Waals surface area (Å²) >= 11 is 0. The second kappa shape index (κ2) is 10.8. The Labute approximate surface area is 220 Å². The number of benzene rings is 1. The largest absolute Gasteiger partial charge is 0.496 e. The Kier molecular flexibility index (Phi) is 7.92. The number of aryl methyl sites for hydroxylation is 1. The monoisotopic (exact) mass is 532 g/mol. The number of para-hydroxylation sites is 1. The number of rotatable bonds is 7. The number of pyridine rings is 1. The Morgan fingerprint density at radius 2 is 1.97 bits per heavy atom. The molecule has 0 saturated carbocycles. The van der Waals surface area contributed by atoms with Gasteiger partial charge in [0.2, 0.25) is 0 Å². The van der Waals surface area contributed by atoms with Gasteiger partial charge >= 0.3 is 6.18 Å². The van der Waals surface area contributed by atoms with Crippen molar-refractivity contribution in [3.63, 3.8) is 0 Å². The first-order valence-electron chi connectivity index (χ1n) is 12.9. The number of alkyl halides is 3. The average Bonchev–Trinajstić information content (AvgIpc) is 3.17. The summed E-state index contributed by atoms with van der Waals surface area (Å²) in [5, 5.41) is 3.57. The number of nitrogens with one attached hydrogen (secondary N) is 2. The predicted octanol–water partition coefficient (Wildman–Crippen LogP) is 5.11. The van der Waals surface area contributed by atoms with E-state index in [2.05, 4.69) is 10.3 Å². The van der Waals surface area contributed by atoms with Crippen LogP contribution in [0.25, 0.3) is 10.9 Å². The molecule has 0 bridgehead atoms. The second-order valence-corrected chi connectivity index (χ2v) is 10.1. The van der Waals surface area contributed by atoms with Gasteiger partial charge in [-0.25, -0.2) is 0 Å². The highest BCUT2D eigenvalue weighted by atomic mass is 19.4. The molecule has 3 unspecified atom stereocenters. The fraction of sp³-hybridized carbons (Fsp3) is 0.500. The summed E-state index contributed by atoms with van der Waals surface area (Å²) in [7, 11) is 1.47. The minimum atomic E-state index is -4.29. The number of fused-ring (bicyclic) bond motifs is 1. The summed E-state index contributed by atoms with van der Waals surface area (Å²) in [6.07, 6.45) is -3.63. The van der Waals surface area contributed by atoms with Gasteiger partial charge in [0.1, 0.15) is 11.8 Å². The van der Waals surface area contributed by atoms with Crippen LogP contribution in [0.4, 0.5) is 13.2 Å². The van der Waals surface area contributed by atoms with E-state index in [9.17, 15) is 22.8 Å². The van der Waals surface area contributed by atoms with Crippen molar-refractivity contribution in [2.45, 2.75) is 65.3 Å². The summed E-state index contributed by atoms with van der Waals surface area (Å²) in [4.78, 5) is 30.2. The topological polar surface area (TPSA) is 79.4 Å². The number of piperidine rings is 1. The number of amides is 1. The first-order valence-corrected chi connectivity index (χ1v) is 12.9. The standard InChI is InChI=1S/C28H35F3N4O3/c1-6-34-12-11-19(14-24(34)28(29,30)31)17(3)35-18(4)25(20-9-7-8-10-22(20)35)27(37)32-15-21-23(38-5)13-16(2)33-26(21)36/h7-10,13,17,19,24H,6,11-12,14-15H2,1-5H3,(H,32,37)(H,33,36). The lowest BCUT2D eigenvalue weighted by atomic mass is 9.85. The zero-order chi connectivity index (χ0) is 27.8. The first kappa shape index (κ1) is 27.8. The smallest absolute Gasteiger partial charge is 0.404 e. The lowest BCUT2D eigenvalue weighted by Crippen LogP contribution is -2.51. The number of H-pyrrole nitrogens is 1. The van der Waals surface area contributed by atoms with E-state index in [0.717, 1.165) is 10.9 Å². The van der Waals surface area contributed by atoms with E-state index in [1.54, 1.807) is 19.9 Å². The lowest BCUT2D eigenvalue weighted by Gasteiger charge is -2.42. The van der Waals surface area contributed by atoms with Gasteiger partial charge in [-0.15, -0.1) is 0 Å². The van der Waals surface area contributed by atoms with Crippen molar-refractivity contribution < 1.29 is 22.7 Å². The molecule has 2 aromatic heterocycles. The SMILES string of the molecule is CCN1CCC(C(C)n2c(C)c(C(=O)NCc3c(OC)cc(C)[nH]c3=O)c3ccccc32)CC1C(F)(F)F. The van der Waals surface area contributed by atoms with Gasteiger partial charge in [0.25, 0.3) is 11.5 Å². The summed E-state index contributed by atoms with van der Waals surface area (Å²) in [6.45, 7) is 7.98. The zero-order valence-electron chi connectivity index (χ0n) is 22.4. The fourth-order valence-corrected chi connectivity index (χ4v) is 5.90. The minimum absolute atomic E-state index is 0.0159. The molecule has 206 valence electrons. The zero-order valence-corrected chi connectivity index (χ0v) is 22.4. The molecule has 3 aromatic rings. The molecule has 2 N–H and O–H groups in total. The highest BCUT2D eigenvalue weighted by Crippen LogP contribution is 2.41. The van der Waals surface area contributed by atoms with Crippen LogP contribution in [0.1, 0.15) is 60.0 Å². The molecular weight excluding hydrogens is 497 g/mol. The van der Waals surface area contributed by atoms with Crippen LogP contribution in [-0.4, -0.2) is 52.8 Å². The van der Waals surface area contributed by atoms with E-state index in [4.69, 9.17) is 4.74 Å². The highest BCUT2D eigenvalue weighted by molar-refractivity contribution is 6.08. The summed E-state index contributed by atoms with van der Waals surface area (Å²) in [5.41, 5.74) is 2.55. The van der Waals surface area contributed by atoms with Gasteiger partial charge in [0.05, 0.1) is 24.8 Å². The van der Waals surface area contributed by atoms with Crippen molar-refractivity contribution in [3.8, 4) is 5.75 Å². The Hall–Kier alpha value is -3.27. The van der Waals surface area contributed by atoms with E-state index in [-0.39, 0.29) is 36.4 Å². The number of carbonyl (C=O) groups is 1. The van der Waals surface area contributed by atoms with Gasteiger partial charge in [-0.3, -0.25) is 14.5 Å². The minimum Gasteiger partial charge on any atom is -0.496 e. The third-order valence-corrected chi connectivity index (χ3v) is 7.89. The molecule has 1 aliphatic heterocycles. The normalized spacial score (nSPS) is 19.5. The molecule has 1 aromatic carbocycles. The number of aromatic nitrogens is 2. The van der Waals surface area contributed by atoms with E-state index in [0.29, 0.717) is 47.8 Å². The molecule has 1 saturated heterocycles. The van der Waals surface area contributed by atoms with Crippen molar-refractivity contribution in [2.75, 3.05) is 20.2 Å². The number of halogens is 3. The van der Waals surface area contributed by atoms with Gasteiger partial charge in [-0.2, -0.15) is 13.2 Å². The molecule has 1 fully saturated rings. The van der Waals surface area contributed by atoms with Crippen molar-refractivity contribution in [2.24, 2.45) is 5.92 Å². The quantitative estimate of drug-likeness (QED) is 0.443. The number of hydrogen-bond acceptors (Lipinski definition) is 4. The van der Waals surface area contributed by atoms with Gasteiger partial charge < -0.3 is 19.6 Å². The molecular formula is C28H35F3N4O3. The Bertz CT molecular complexity index is 1380. The summed E-state index contributed by atoms with van der Waals surface area (Å²) in [5.74, 6) is -0.178. The molecule has 3 atom stereocenters. The van der Waals surface area contributed by atoms with Crippen LogP contribution in [-0.2, 0) is 6.54 Å². The van der Waals surface area contributed by atoms with E-state index in [1.807, 2.05) is 42.7 Å². The third kappa shape index (κ3) is 5.18. The molecule has 4 rings (SSSR count). The maximum Gasteiger partial charge on any atom is 0.404 e. The summed E-state index contributed by atoms with van der Waals surface area (Å²) in [6, 6.07) is 7.41. The lowest BCUT2D eigenvalue weighted by molar-refractivity contribution is -0.196. The molecule has 1 amide bonds. The number of ether oxygens (including phenoxy) is 1. The van der Waals surface area contributed by atoms with Crippen LogP contribution in [0, 0.1) is 19.8 Å². The van der Waals surface area contributed by atoms with Crippen LogP contribution in [0.5, 0.6) is 5.75 Å². The number of methoxy groups -OCH3 is 1. The highest BCUT2D eigenvalue weighted by Gasteiger charge is 2.47. The molecule has 1 aliphatic rings. The van der Waals surface area contributed by atoms with Gasteiger partial charge in [0, 0.05) is 28.3 Å². The predicted molar refractivity (Wildman–Crippen MR) is 141 cm³/mol. The van der Waals surface area contributed by atoms with Crippen LogP contribution in [0.3, 0.4) is 0 Å². The second-order valence-electron chi connectivity index (χ2n) is 10.1. The van der Waals surface area contributed by atoms with Crippen LogP contribution in [0.15, 0.2) is 35.1 Å². The average molecular weight is 533 g/mol. The Morgan fingerprint density at radius 3 is 2.63 bits per heavy atom. The van der Waals surface area contributed by atoms with Crippen molar-refractivity contribution in [1.82, 2.24) is 19.8 Å². The van der Waals surface area contributed by atoms with Crippen molar-refractivity contribution >= 4 is 16.8 Å². The molecule has 0 radical (unpaired) electrons.